The van der Waals surface area contributed by atoms with Gasteiger partial charge in [-0.05, 0) is 27.2 Å². The van der Waals surface area contributed by atoms with Crippen molar-refractivity contribution in [2.45, 2.75) is 32.8 Å². The highest BCUT2D eigenvalue weighted by Gasteiger charge is 2.26. The third-order valence-corrected chi connectivity index (χ3v) is 8.47. The summed E-state index contributed by atoms with van der Waals surface area (Å²) in [6, 6.07) is 31.7. The number of hydrogen-bond acceptors (Lipinski definition) is 3. The maximum absolute atomic E-state index is 11.9. The fourth-order valence-electron chi connectivity index (χ4n) is 3.43. The molecule has 31 heavy (non-hydrogen) atoms. The maximum Gasteiger partial charge on any atom is 0.407 e. The topological polar surface area (TPSA) is 50.7 Å². The Kier molecular flexibility index (Phi) is 7.70. The molecular formula is C26H31N2O2P. The molecule has 0 saturated carbocycles. The highest BCUT2D eigenvalue weighted by Crippen LogP contribution is 2.46. The summed E-state index contributed by atoms with van der Waals surface area (Å²) in [5, 5.41) is 6.52. The molecule has 0 aromatic heterocycles. The van der Waals surface area contributed by atoms with Gasteiger partial charge in [0.1, 0.15) is 5.60 Å². The van der Waals surface area contributed by atoms with Crippen molar-refractivity contribution in [3.8, 4) is 0 Å². The average molecular weight is 435 g/mol. The van der Waals surface area contributed by atoms with Gasteiger partial charge in [-0.15, -0.1) is 0 Å². The Morgan fingerprint density at radius 3 is 1.61 bits per heavy atom. The molecule has 0 radical (unpaired) electrons. The molecule has 4 nitrogen and oxygen atoms in total. The Morgan fingerprint density at radius 1 is 0.806 bits per heavy atom. The molecule has 0 aliphatic carbocycles. The molecule has 3 rings (SSSR count). The Hall–Kier alpha value is -2.84. The number of carbonyl (C=O) groups is 1. The smallest absolute Gasteiger partial charge is 0.407 e. The van der Waals surface area contributed by atoms with E-state index in [-0.39, 0.29) is 6.09 Å². The van der Waals surface area contributed by atoms with Gasteiger partial charge in [-0.1, -0.05) is 91.0 Å². The lowest BCUT2D eigenvalue weighted by Crippen LogP contribution is -2.33. The Bertz CT molecular complexity index is 910. The predicted octanol–water partition coefficient (Wildman–Crippen LogP) is 5.08. The minimum absolute atomic E-state index is 0.386. The number of hydrogen-bond donors (Lipinski definition) is 1. The van der Waals surface area contributed by atoms with Gasteiger partial charge in [0, 0.05) is 29.0 Å². The average Bonchev–Trinajstić information content (AvgIpc) is 2.77. The van der Waals surface area contributed by atoms with Crippen molar-refractivity contribution >= 4 is 29.1 Å². The molecule has 0 spiro atoms. The second-order valence-electron chi connectivity index (χ2n) is 8.29. The van der Waals surface area contributed by atoms with Crippen LogP contribution in [0.5, 0.6) is 0 Å². The van der Waals surface area contributed by atoms with E-state index in [0.717, 1.165) is 6.42 Å². The summed E-state index contributed by atoms with van der Waals surface area (Å²) in [6.45, 7) is 6.75. The lowest BCUT2D eigenvalue weighted by atomic mass is 10.2. The van der Waals surface area contributed by atoms with Crippen molar-refractivity contribution in [2.75, 3.05) is 13.1 Å². The fraction of sp³-hybridized carbons (Fsp3) is 0.269. The van der Waals surface area contributed by atoms with Crippen molar-refractivity contribution in [1.82, 2.24) is 5.32 Å². The summed E-state index contributed by atoms with van der Waals surface area (Å²) in [5.74, 6) is 0. The van der Waals surface area contributed by atoms with Crippen molar-refractivity contribution in [1.29, 1.82) is 0 Å². The molecule has 0 fully saturated rings. The first-order valence-corrected chi connectivity index (χ1v) is 12.4. The van der Waals surface area contributed by atoms with Gasteiger partial charge < -0.3 is 10.1 Å². The molecule has 0 aliphatic rings. The van der Waals surface area contributed by atoms with Crippen LogP contribution in [0.4, 0.5) is 4.79 Å². The van der Waals surface area contributed by atoms with Gasteiger partial charge in [0.25, 0.3) is 0 Å². The number of rotatable bonds is 7. The summed E-state index contributed by atoms with van der Waals surface area (Å²) in [5.41, 5.74) is -0.497. The number of amides is 1. The molecule has 0 atom stereocenters. The van der Waals surface area contributed by atoms with E-state index in [0.29, 0.717) is 13.1 Å². The van der Waals surface area contributed by atoms with E-state index in [4.69, 9.17) is 9.48 Å². The molecule has 1 amide bonds. The van der Waals surface area contributed by atoms with Crippen LogP contribution in [0, 0.1) is 0 Å². The lowest BCUT2D eigenvalue weighted by molar-refractivity contribution is 0.0527. The monoisotopic (exact) mass is 434 g/mol. The summed E-state index contributed by atoms with van der Waals surface area (Å²) in [4.78, 5) is 11.9. The van der Waals surface area contributed by atoms with Crippen molar-refractivity contribution in [2.24, 2.45) is 4.74 Å². The van der Waals surface area contributed by atoms with Gasteiger partial charge in [-0.3, -0.25) is 4.74 Å². The van der Waals surface area contributed by atoms with E-state index in [1.165, 1.54) is 15.9 Å². The number of benzene rings is 3. The standard InChI is InChI=1S/C26H31N2O2P/c1-26(2,3)30-25(29)27-20-13-21-28-31(22-14-7-4-8-15-22,23-16-9-5-10-17-23)24-18-11-6-12-19-24/h4-12,14-19H,13,20-21H2,1-3H3,(H,27,29). The van der Waals surface area contributed by atoms with Crippen LogP contribution in [0.25, 0.3) is 0 Å². The molecule has 0 saturated heterocycles. The first-order valence-electron chi connectivity index (χ1n) is 10.6. The van der Waals surface area contributed by atoms with Gasteiger partial charge in [0.15, 0.2) is 0 Å². The number of ether oxygens (including phenoxy) is 1. The Labute approximate surface area is 185 Å². The second kappa shape index (κ2) is 10.5. The second-order valence-corrected chi connectivity index (χ2v) is 11.4. The minimum Gasteiger partial charge on any atom is -0.444 e. The number of alkyl carbamates (subject to hydrolysis) is 1. The van der Waals surface area contributed by atoms with E-state index in [2.05, 4.69) is 78.1 Å². The van der Waals surface area contributed by atoms with Crippen LogP contribution in [-0.4, -0.2) is 24.8 Å². The molecule has 0 aliphatic heterocycles. The zero-order valence-electron chi connectivity index (χ0n) is 18.5. The van der Waals surface area contributed by atoms with Gasteiger partial charge >= 0.3 is 6.09 Å². The van der Waals surface area contributed by atoms with Crippen LogP contribution in [-0.2, 0) is 4.74 Å². The van der Waals surface area contributed by atoms with Crippen LogP contribution in [0.15, 0.2) is 95.7 Å². The molecule has 1 N–H and O–H groups in total. The molecule has 3 aromatic carbocycles. The zero-order chi connectivity index (χ0) is 22.2. The van der Waals surface area contributed by atoms with Crippen LogP contribution in [0.2, 0.25) is 0 Å². The van der Waals surface area contributed by atoms with E-state index in [1.54, 1.807) is 0 Å². The highest BCUT2D eigenvalue weighted by molar-refractivity contribution is 7.87. The molecule has 0 heterocycles. The van der Waals surface area contributed by atoms with Crippen molar-refractivity contribution in [3.05, 3.63) is 91.0 Å². The predicted molar refractivity (Wildman–Crippen MR) is 131 cm³/mol. The third kappa shape index (κ3) is 6.08. The largest absolute Gasteiger partial charge is 0.444 e. The minimum atomic E-state index is -2.17. The lowest BCUT2D eigenvalue weighted by Gasteiger charge is -2.27. The summed E-state index contributed by atoms with van der Waals surface area (Å²) < 4.78 is 10.7. The number of nitrogens with one attached hydrogen (secondary N) is 1. The quantitative estimate of drug-likeness (QED) is 0.417. The zero-order valence-corrected chi connectivity index (χ0v) is 19.4. The molecule has 0 bridgehead atoms. The summed E-state index contributed by atoms with van der Waals surface area (Å²) >= 11 is 0. The van der Waals surface area contributed by atoms with Crippen LogP contribution in [0.3, 0.4) is 0 Å². The van der Waals surface area contributed by atoms with Gasteiger partial charge in [0.2, 0.25) is 0 Å². The van der Waals surface area contributed by atoms with E-state index >= 15 is 0 Å². The van der Waals surface area contributed by atoms with Crippen molar-refractivity contribution < 1.29 is 9.53 Å². The van der Waals surface area contributed by atoms with E-state index in [9.17, 15) is 4.79 Å². The summed E-state index contributed by atoms with van der Waals surface area (Å²) in [7, 11) is -2.17. The number of carbonyl (C=O) groups excluding carboxylic acids is 1. The van der Waals surface area contributed by atoms with Crippen molar-refractivity contribution in [3.63, 3.8) is 0 Å². The molecule has 5 heteroatoms. The van der Waals surface area contributed by atoms with Gasteiger partial charge in [0.05, 0.1) is 7.05 Å². The normalized spacial score (nSPS) is 11.6. The van der Waals surface area contributed by atoms with Crippen LogP contribution >= 0.6 is 7.05 Å². The number of nitrogens with zero attached hydrogens (tertiary/aromatic N) is 1. The fourth-order valence-corrected chi connectivity index (χ4v) is 7.06. The van der Waals surface area contributed by atoms with E-state index in [1.807, 2.05) is 39.0 Å². The first-order chi connectivity index (χ1) is 14.9. The molecular weight excluding hydrogens is 403 g/mol. The Morgan fingerprint density at radius 2 is 1.23 bits per heavy atom. The summed E-state index contributed by atoms with van der Waals surface area (Å²) in [6.07, 6.45) is 0.357. The van der Waals surface area contributed by atoms with Gasteiger partial charge in [-0.2, -0.15) is 0 Å². The third-order valence-electron chi connectivity index (χ3n) is 4.70. The van der Waals surface area contributed by atoms with Gasteiger partial charge in [-0.25, -0.2) is 4.79 Å². The Balaban J connectivity index is 1.92. The van der Waals surface area contributed by atoms with Crippen LogP contribution in [0.1, 0.15) is 27.2 Å². The highest BCUT2D eigenvalue weighted by atomic mass is 31.2. The SMILES string of the molecule is CC(C)(C)OC(=O)NCCCN=P(c1ccccc1)(c1ccccc1)c1ccccc1. The molecule has 162 valence electrons. The van der Waals surface area contributed by atoms with Crippen LogP contribution < -0.4 is 21.2 Å². The first kappa shape index (κ1) is 22.8. The molecule has 0 unspecified atom stereocenters. The molecule has 3 aromatic rings. The maximum atomic E-state index is 11.9. The van der Waals surface area contributed by atoms with E-state index < -0.39 is 12.7 Å².